The van der Waals surface area contributed by atoms with Crippen LogP contribution in [0.3, 0.4) is 0 Å². The van der Waals surface area contributed by atoms with Gasteiger partial charge in [0.1, 0.15) is 18.5 Å². The number of carboxylic acid groups (broad SMARTS) is 1. The lowest BCUT2D eigenvalue weighted by molar-refractivity contribution is -0.131. The van der Waals surface area contributed by atoms with Crippen LogP contribution >= 0.6 is 0 Å². The Labute approximate surface area is 167 Å². The quantitative estimate of drug-likeness (QED) is 0.554. The molecule has 0 fully saturated rings. The molecule has 0 saturated heterocycles. The second-order valence-corrected chi connectivity index (χ2v) is 5.80. The molecule has 8 nitrogen and oxygen atoms in total. The number of nitrogens with one attached hydrogen (secondary N) is 1. The fourth-order valence-corrected chi connectivity index (χ4v) is 2.48. The van der Waals surface area contributed by atoms with Gasteiger partial charge >= 0.3 is 12.1 Å². The summed E-state index contributed by atoms with van der Waals surface area (Å²) in [6.45, 7) is -0.168. The third-order valence-electron chi connectivity index (χ3n) is 3.73. The lowest BCUT2D eigenvalue weighted by atomic mass is 10.0. The summed E-state index contributed by atoms with van der Waals surface area (Å²) in [4.78, 5) is 35.1. The fourth-order valence-electron chi connectivity index (χ4n) is 2.48. The molecular formula is C21H21NO7. The van der Waals surface area contributed by atoms with Crippen molar-refractivity contribution >= 4 is 18.0 Å². The normalized spacial score (nSPS) is 11.6. The number of imide groups is 1. The van der Waals surface area contributed by atoms with Crippen molar-refractivity contribution < 1.29 is 34.1 Å². The van der Waals surface area contributed by atoms with Crippen molar-refractivity contribution in [1.29, 1.82) is 0 Å². The summed E-state index contributed by atoms with van der Waals surface area (Å²) in [6, 6.07) is 14.9. The highest BCUT2D eigenvalue weighted by Crippen LogP contribution is 2.30. The molecule has 0 bridgehead atoms. The number of carbonyl (C=O) groups excluding carboxylic acids is 2. The number of rotatable bonds is 9. The number of aliphatic hydroxyl groups excluding tert-OH is 1. The highest BCUT2D eigenvalue weighted by atomic mass is 16.6. The molecular weight excluding hydrogens is 378 g/mol. The molecule has 0 unspecified atom stereocenters. The number of ether oxygens (including phenoxy) is 2. The second-order valence-electron chi connectivity index (χ2n) is 5.80. The van der Waals surface area contributed by atoms with Crippen LogP contribution in [0.2, 0.25) is 0 Å². The molecule has 2 rings (SSSR count). The molecule has 0 spiro atoms. The first-order valence-corrected chi connectivity index (χ1v) is 8.80. The van der Waals surface area contributed by atoms with E-state index in [1.807, 2.05) is 0 Å². The number of aliphatic hydroxyl groups is 1. The Morgan fingerprint density at radius 1 is 1.03 bits per heavy atom. The number of para-hydroxylation sites is 1. The molecule has 29 heavy (non-hydrogen) atoms. The molecule has 8 heteroatoms. The third kappa shape index (κ3) is 7.11. The maximum Gasteiger partial charge on any atom is 0.414 e. The molecule has 0 saturated carbocycles. The topological polar surface area (TPSA) is 122 Å². The Morgan fingerprint density at radius 2 is 1.72 bits per heavy atom. The number of carbonyl (C=O) groups is 3. The smallest absolute Gasteiger partial charge is 0.414 e. The minimum atomic E-state index is -1.14. The van der Waals surface area contributed by atoms with E-state index in [1.54, 1.807) is 54.6 Å². The summed E-state index contributed by atoms with van der Waals surface area (Å²) < 4.78 is 10.8. The van der Waals surface area contributed by atoms with Crippen molar-refractivity contribution in [3.8, 4) is 5.75 Å². The summed E-state index contributed by atoms with van der Waals surface area (Å²) >= 11 is 0. The summed E-state index contributed by atoms with van der Waals surface area (Å²) in [7, 11) is 0. The van der Waals surface area contributed by atoms with Gasteiger partial charge in [0.25, 0.3) is 5.91 Å². The Bertz CT molecular complexity index is 864. The predicted octanol–water partition coefficient (Wildman–Crippen LogP) is 2.70. The number of alkyl carbamates (subject to hydrolysis) is 1. The summed E-state index contributed by atoms with van der Waals surface area (Å²) in [5.41, 5.74) is 0.761. The van der Waals surface area contributed by atoms with Crippen LogP contribution in [0.1, 0.15) is 28.4 Å². The molecule has 2 aromatic carbocycles. The van der Waals surface area contributed by atoms with Crippen LogP contribution in [-0.2, 0) is 9.53 Å². The maximum absolute atomic E-state index is 12.3. The molecule has 0 heterocycles. The zero-order valence-electron chi connectivity index (χ0n) is 15.5. The van der Waals surface area contributed by atoms with Crippen molar-refractivity contribution in [2.24, 2.45) is 0 Å². The molecule has 152 valence electrons. The van der Waals surface area contributed by atoms with E-state index in [4.69, 9.17) is 19.7 Å². The van der Waals surface area contributed by atoms with Gasteiger partial charge in [0.2, 0.25) is 0 Å². The zero-order valence-corrected chi connectivity index (χ0v) is 15.5. The number of carboxylic acids is 1. The monoisotopic (exact) mass is 399 g/mol. The Morgan fingerprint density at radius 3 is 2.41 bits per heavy atom. The Kier molecular flexibility index (Phi) is 8.40. The average Bonchev–Trinajstić information content (AvgIpc) is 2.72. The first-order chi connectivity index (χ1) is 14.0. The molecule has 0 aliphatic carbocycles. The van der Waals surface area contributed by atoms with Crippen LogP contribution in [0.5, 0.6) is 5.75 Å². The first-order valence-electron chi connectivity index (χ1n) is 8.80. The zero-order chi connectivity index (χ0) is 21.1. The minimum Gasteiger partial charge on any atom is -0.491 e. The van der Waals surface area contributed by atoms with E-state index < -0.39 is 24.1 Å². The molecule has 3 N–H and O–H groups in total. The van der Waals surface area contributed by atoms with E-state index in [9.17, 15) is 14.4 Å². The van der Waals surface area contributed by atoms with E-state index in [0.29, 0.717) is 16.9 Å². The van der Waals surface area contributed by atoms with E-state index >= 15 is 0 Å². The highest BCUT2D eigenvalue weighted by molar-refractivity contribution is 6.02. The van der Waals surface area contributed by atoms with Crippen LogP contribution in [0.25, 0.3) is 0 Å². The standard InChI is InChI=1S/C21H21NO7/c23-13-14-28-17-10-5-4-9-16(17)18(11-6-12-19(24)25)29-21(27)22-20(26)15-7-2-1-3-8-15/h1-10,12,18,23H,11,13-14H2,(H,24,25)(H,22,26,27)/b12-6+/t18-/m1/s1. The first kappa shape index (κ1) is 21.6. The average molecular weight is 399 g/mol. The fraction of sp³-hybridized carbons (Fsp3) is 0.190. The number of hydrogen-bond acceptors (Lipinski definition) is 6. The summed E-state index contributed by atoms with van der Waals surface area (Å²) in [6.07, 6.45) is 0.412. The number of aliphatic carboxylic acids is 1. The van der Waals surface area contributed by atoms with Crippen LogP contribution < -0.4 is 10.1 Å². The predicted molar refractivity (Wildman–Crippen MR) is 104 cm³/mol. The highest BCUT2D eigenvalue weighted by Gasteiger charge is 2.21. The van der Waals surface area contributed by atoms with Crippen molar-refractivity contribution in [1.82, 2.24) is 5.32 Å². The molecule has 0 aromatic heterocycles. The van der Waals surface area contributed by atoms with Gasteiger partial charge in [-0.1, -0.05) is 42.5 Å². The molecule has 0 aliphatic heterocycles. The van der Waals surface area contributed by atoms with Crippen molar-refractivity contribution in [3.05, 3.63) is 77.9 Å². The van der Waals surface area contributed by atoms with Crippen molar-refractivity contribution in [3.63, 3.8) is 0 Å². The minimum absolute atomic E-state index is 0.0351. The van der Waals surface area contributed by atoms with Gasteiger partial charge in [0, 0.05) is 23.6 Å². The second kappa shape index (κ2) is 11.3. The largest absolute Gasteiger partial charge is 0.491 e. The summed E-state index contributed by atoms with van der Waals surface area (Å²) in [5, 5.41) is 19.9. The van der Waals surface area contributed by atoms with E-state index in [-0.39, 0.29) is 19.6 Å². The van der Waals surface area contributed by atoms with Crippen LogP contribution in [-0.4, -0.2) is 41.4 Å². The van der Waals surface area contributed by atoms with Gasteiger partial charge in [-0.25, -0.2) is 9.59 Å². The van der Waals surface area contributed by atoms with E-state index in [2.05, 4.69) is 5.32 Å². The van der Waals surface area contributed by atoms with Gasteiger partial charge in [-0.2, -0.15) is 0 Å². The summed E-state index contributed by atoms with van der Waals surface area (Å²) in [5.74, 6) is -1.39. The lowest BCUT2D eigenvalue weighted by Gasteiger charge is -2.20. The van der Waals surface area contributed by atoms with Gasteiger partial charge < -0.3 is 19.7 Å². The molecule has 0 radical (unpaired) electrons. The van der Waals surface area contributed by atoms with Crippen LogP contribution in [0, 0.1) is 0 Å². The van der Waals surface area contributed by atoms with E-state index in [1.165, 1.54) is 6.08 Å². The van der Waals surface area contributed by atoms with Gasteiger partial charge in [0.15, 0.2) is 0 Å². The van der Waals surface area contributed by atoms with Gasteiger partial charge in [-0.15, -0.1) is 0 Å². The lowest BCUT2D eigenvalue weighted by Crippen LogP contribution is -2.32. The van der Waals surface area contributed by atoms with Gasteiger partial charge in [-0.05, 0) is 18.2 Å². The number of amides is 2. The maximum atomic E-state index is 12.3. The number of benzene rings is 2. The third-order valence-corrected chi connectivity index (χ3v) is 3.73. The molecule has 0 aliphatic rings. The van der Waals surface area contributed by atoms with Crippen molar-refractivity contribution in [2.45, 2.75) is 12.5 Å². The van der Waals surface area contributed by atoms with Crippen LogP contribution in [0.4, 0.5) is 4.79 Å². The molecule has 2 amide bonds. The van der Waals surface area contributed by atoms with Crippen LogP contribution in [0.15, 0.2) is 66.7 Å². The SMILES string of the molecule is O=C(O)/C=C/C[C@@H](OC(=O)NC(=O)c1ccccc1)c1ccccc1OCCO. The molecule has 2 aromatic rings. The van der Waals surface area contributed by atoms with E-state index in [0.717, 1.165) is 6.08 Å². The Hall–Kier alpha value is -3.65. The molecule has 1 atom stereocenters. The Balaban J connectivity index is 2.16. The van der Waals surface area contributed by atoms with Crippen molar-refractivity contribution in [2.75, 3.05) is 13.2 Å². The van der Waals surface area contributed by atoms with Gasteiger partial charge in [-0.3, -0.25) is 10.1 Å². The van der Waals surface area contributed by atoms with Gasteiger partial charge in [0.05, 0.1) is 6.61 Å². The number of hydrogen-bond donors (Lipinski definition) is 3.